The standard InChI is InChI=1S/C54H59N7O11/c55-51(56)42-9-7-40-34-46(21-15-38(40)32-42)71-53(65)36-11-17-44(18-12-36)69-28-24-60-48(62)4-1-2-26-67-30-31-68-27-23-59-49(63)5-3-6-50(64)61-25-29-70-45-19-13-37(14-20-45)54(66)72-47-22-16-39-33-43(52(57)58)10-8-41(39)35-47/h7-22,32-35H,1-6,23-31H2,(H3,55,56)(H3,57,58)(H,59,63)(H,60,62)(H,61,64). The molecule has 0 fully saturated rings. The molecular weight excluding hydrogens is 923 g/mol. The summed E-state index contributed by atoms with van der Waals surface area (Å²) >= 11 is 0. The first-order valence-corrected chi connectivity index (χ1v) is 23.5. The van der Waals surface area contributed by atoms with Gasteiger partial charge in [-0.05, 0) is 126 Å². The van der Waals surface area contributed by atoms with Gasteiger partial charge in [0.05, 0.1) is 44.0 Å². The summed E-state index contributed by atoms with van der Waals surface area (Å²) in [5, 5.41) is 27.0. The van der Waals surface area contributed by atoms with Gasteiger partial charge in [-0.1, -0.05) is 36.4 Å². The van der Waals surface area contributed by atoms with Crippen molar-refractivity contribution in [2.24, 2.45) is 11.5 Å². The molecule has 9 N–H and O–H groups in total. The summed E-state index contributed by atoms with van der Waals surface area (Å²) in [6.45, 7) is 2.97. The van der Waals surface area contributed by atoms with E-state index in [0.717, 1.165) is 21.5 Å². The van der Waals surface area contributed by atoms with Crippen LogP contribution in [0.2, 0.25) is 0 Å². The minimum Gasteiger partial charge on any atom is -0.492 e. The van der Waals surface area contributed by atoms with Crippen LogP contribution in [0.4, 0.5) is 0 Å². The highest BCUT2D eigenvalue weighted by atomic mass is 16.5. The van der Waals surface area contributed by atoms with Gasteiger partial charge >= 0.3 is 11.9 Å². The summed E-state index contributed by atoms with van der Waals surface area (Å²) in [5.41, 5.74) is 13.1. The Morgan fingerprint density at radius 2 is 0.750 bits per heavy atom. The third-order valence-electron chi connectivity index (χ3n) is 10.9. The van der Waals surface area contributed by atoms with Crippen LogP contribution in [0.3, 0.4) is 0 Å². The summed E-state index contributed by atoms with van der Waals surface area (Å²) in [6, 6.07) is 34.2. The Labute approximate surface area is 416 Å². The van der Waals surface area contributed by atoms with Crippen LogP contribution in [0.5, 0.6) is 23.0 Å². The van der Waals surface area contributed by atoms with E-state index in [9.17, 15) is 24.0 Å². The summed E-state index contributed by atoms with van der Waals surface area (Å²) in [4.78, 5) is 62.0. The second kappa shape index (κ2) is 27.7. The molecule has 18 heteroatoms. The van der Waals surface area contributed by atoms with Crippen molar-refractivity contribution in [3.63, 3.8) is 0 Å². The van der Waals surface area contributed by atoms with Crippen LogP contribution >= 0.6 is 0 Å². The van der Waals surface area contributed by atoms with Crippen LogP contribution < -0.4 is 46.4 Å². The molecule has 0 bridgehead atoms. The third kappa shape index (κ3) is 17.6. The highest BCUT2D eigenvalue weighted by Gasteiger charge is 2.13. The summed E-state index contributed by atoms with van der Waals surface area (Å²) in [6.07, 6.45) is 2.51. The van der Waals surface area contributed by atoms with Gasteiger partial charge in [-0.25, -0.2) is 9.59 Å². The Bertz CT molecular complexity index is 2840. The summed E-state index contributed by atoms with van der Waals surface area (Å²) < 4.78 is 33.6. The van der Waals surface area contributed by atoms with Gasteiger partial charge in [0, 0.05) is 43.5 Å². The number of ether oxygens (including phenoxy) is 6. The number of nitrogens with one attached hydrogen (secondary N) is 5. The molecule has 0 saturated heterocycles. The Morgan fingerprint density at radius 3 is 1.19 bits per heavy atom. The van der Waals surface area contributed by atoms with E-state index in [1.165, 1.54) is 0 Å². The minimum absolute atomic E-state index is 0.0177. The first-order valence-electron chi connectivity index (χ1n) is 23.5. The number of hydrogen-bond donors (Lipinski definition) is 7. The fourth-order valence-electron chi connectivity index (χ4n) is 7.08. The lowest BCUT2D eigenvalue weighted by Crippen LogP contribution is -2.29. The van der Waals surface area contributed by atoms with E-state index >= 15 is 0 Å². The molecule has 376 valence electrons. The number of benzene rings is 6. The second-order valence-corrected chi connectivity index (χ2v) is 16.4. The SMILES string of the molecule is N=C(N)c1ccc2cc(OC(=O)c3ccc(OCCNC(=O)CCCCOCCOCCNC(=O)CCCC(=O)NCCOc4ccc(C(=O)Oc5ccc6cc(C(=N)N)ccc6c5)cc4)cc3)ccc2c1. The molecule has 0 atom stereocenters. The van der Waals surface area contributed by atoms with Gasteiger partial charge in [-0.3, -0.25) is 25.2 Å². The van der Waals surface area contributed by atoms with Gasteiger partial charge in [0.15, 0.2) is 0 Å². The van der Waals surface area contributed by atoms with Gasteiger partial charge in [0.25, 0.3) is 0 Å². The molecule has 0 saturated carbocycles. The first kappa shape index (κ1) is 53.0. The van der Waals surface area contributed by atoms with Crippen molar-refractivity contribution >= 4 is 62.9 Å². The largest absolute Gasteiger partial charge is 0.492 e. The van der Waals surface area contributed by atoms with Crippen molar-refractivity contribution in [1.29, 1.82) is 10.8 Å². The monoisotopic (exact) mass is 981 g/mol. The fraction of sp³-hybridized carbons (Fsp3) is 0.278. The van der Waals surface area contributed by atoms with E-state index < -0.39 is 11.9 Å². The van der Waals surface area contributed by atoms with Crippen molar-refractivity contribution < 1.29 is 52.4 Å². The average Bonchev–Trinajstić information content (AvgIpc) is 3.38. The van der Waals surface area contributed by atoms with E-state index in [-0.39, 0.29) is 62.0 Å². The zero-order valence-corrected chi connectivity index (χ0v) is 39.8. The average molecular weight is 982 g/mol. The molecule has 0 spiro atoms. The highest BCUT2D eigenvalue weighted by molar-refractivity contribution is 6.01. The van der Waals surface area contributed by atoms with Crippen molar-refractivity contribution in [3.05, 3.63) is 144 Å². The van der Waals surface area contributed by atoms with Crippen molar-refractivity contribution in [1.82, 2.24) is 16.0 Å². The molecule has 0 aliphatic heterocycles. The summed E-state index contributed by atoms with van der Waals surface area (Å²) in [5.74, 6) is 0.314. The topological polar surface area (TPSA) is 277 Å². The molecule has 6 aromatic rings. The normalized spacial score (nSPS) is 10.8. The van der Waals surface area contributed by atoms with Crippen LogP contribution in [-0.2, 0) is 23.9 Å². The molecule has 6 rings (SSSR count). The van der Waals surface area contributed by atoms with Crippen molar-refractivity contribution in [2.45, 2.75) is 38.5 Å². The number of carbonyl (C=O) groups is 5. The lowest BCUT2D eigenvalue weighted by atomic mass is 10.1. The van der Waals surface area contributed by atoms with Crippen LogP contribution in [0.1, 0.15) is 70.4 Å². The zero-order valence-electron chi connectivity index (χ0n) is 39.8. The molecular formula is C54H59N7O11. The Balaban J connectivity index is 0.695. The molecule has 0 heterocycles. The van der Waals surface area contributed by atoms with E-state index in [0.29, 0.717) is 110 Å². The number of fused-ring (bicyclic) bond motifs is 2. The third-order valence-corrected chi connectivity index (χ3v) is 10.9. The van der Waals surface area contributed by atoms with Crippen LogP contribution in [0.15, 0.2) is 121 Å². The fourth-order valence-corrected chi connectivity index (χ4v) is 7.08. The maximum absolute atomic E-state index is 12.7. The van der Waals surface area contributed by atoms with Gasteiger partial charge in [-0.15, -0.1) is 0 Å². The number of nitrogen functional groups attached to an aromatic ring is 2. The van der Waals surface area contributed by atoms with Gasteiger partial charge in [0.2, 0.25) is 17.7 Å². The minimum atomic E-state index is -0.526. The van der Waals surface area contributed by atoms with Crippen LogP contribution in [-0.4, -0.2) is 101 Å². The van der Waals surface area contributed by atoms with E-state index in [2.05, 4.69) is 16.0 Å². The molecule has 18 nitrogen and oxygen atoms in total. The Morgan fingerprint density at radius 1 is 0.389 bits per heavy atom. The number of rotatable bonds is 29. The lowest BCUT2D eigenvalue weighted by Gasteiger charge is -2.10. The maximum atomic E-state index is 12.7. The second-order valence-electron chi connectivity index (χ2n) is 16.4. The van der Waals surface area contributed by atoms with Gasteiger partial charge in [-0.2, -0.15) is 0 Å². The van der Waals surface area contributed by atoms with Crippen LogP contribution in [0.25, 0.3) is 21.5 Å². The predicted molar refractivity (Wildman–Crippen MR) is 272 cm³/mol. The Kier molecular flexibility index (Phi) is 20.4. The number of amides is 3. The summed E-state index contributed by atoms with van der Waals surface area (Å²) in [7, 11) is 0. The molecule has 0 aliphatic rings. The smallest absolute Gasteiger partial charge is 0.343 e. The quantitative estimate of drug-likeness (QED) is 0.00911. The molecule has 0 aromatic heterocycles. The molecule has 3 amide bonds. The first-order chi connectivity index (χ1) is 34.9. The number of esters is 2. The number of unbranched alkanes of at least 4 members (excludes halogenated alkanes) is 1. The van der Waals surface area contributed by atoms with Crippen LogP contribution in [0, 0.1) is 10.8 Å². The van der Waals surface area contributed by atoms with Gasteiger partial charge in [0.1, 0.15) is 47.9 Å². The number of amidine groups is 2. The Hall–Kier alpha value is -8.35. The molecule has 0 aliphatic carbocycles. The number of nitrogens with two attached hydrogens (primary N) is 2. The molecule has 0 radical (unpaired) electrons. The zero-order chi connectivity index (χ0) is 51.1. The van der Waals surface area contributed by atoms with Gasteiger partial charge < -0.3 is 55.8 Å². The number of hydrogen-bond acceptors (Lipinski definition) is 13. The number of carbonyl (C=O) groups excluding carboxylic acids is 5. The van der Waals surface area contributed by atoms with Crippen molar-refractivity contribution in [3.8, 4) is 23.0 Å². The van der Waals surface area contributed by atoms with E-state index in [1.54, 1.807) is 109 Å². The highest BCUT2D eigenvalue weighted by Crippen LogP contribution is 2.25. The lowest BCUT2D eigenvalue weighted by molar-refractivity contribution is -0.123. The van der Waals surface area contributed by atoms with E-state index in [1.807, 2.05) is 12.1 Å². The molecule has 6 aromatic carbocycles. The van der Waals surface area contributed by atoms with Crippen molar-refractivity contribution in [2.75, 3.05) is 59.3 Å². The molecule has 0 unspecified atom stereocenters. The molecule has 72 heavy (non-hydrogen) atoms. The predicted octanol–water partition coefficient (Wildman–Crippen LogP) is 6.18. The van der Waals surface area contributed by atoms with E-state index in [4.69, 9.17) is 50.7 Å². The maximum Gasteiger partial charge on any atom is 0.343 e.